The maximum absolute atomic E-state index is 14.3. The molecule has 364 valence electrons. The first-order valence-electron chi connectivity index (χ1n) is 22.1. The number of nitrogens with zero attached hydrogens (tertiary/aromatic N) is 3. The van der Waals surface area contributed by atoms with Crippen molar-refractivity contribution >= 4 is 40.9 Å². The largest absolute Gasteiger partial charge is 0.507 e. The summed E-state index contributed by atoms with van der Waals surface area (Å²) in [4.78, 5) is 69.3. The molecule has 0 unspecified atom stereocenters. The van der Waals surface area contributed by atoms with Crippen LogP contribution >= 0.6 is 11.8 Å². The standard InChI is InChI=1S/C46H51N3O18S/c1-22-42-25(47-11-14-64-45(61-3)44(47)67-42)17-33(65-22)66-27-20-46(59,19-24-35(27)41(57)37-36(39(24)55)38(54)23-5-4-6-26(60-2)34(23)40(37)56)29(50)21-68-28-18-32(53)49(43(28)58)10-13-63-16-15-62-12-9-48-30(51)7-8-31(48)52/h4-8,18,22,25,27,33,42,44-45,53,55,57-59H,9-17,19-21H2,1-3H3/t22-,25-,27-,33-,42+,44+,45-,46-/m0/s1. The van der Waals surface area contributed by atoms with Crippen LogP contribution in [0, 0.1) is 0 Å². The van der Waals surface area contributed by atoms with Crippen molar-refractivity contribution in [3.8, 4) is 29.0 Å². The third-order valence-corrected chi connectivity index (χ3v) is 14.3. The normalized spacial score (nSPS) is 27.5. The van der Waals surface area contributed by atoms with Gasteiger partial charge in [-0.25, -0.2) is 0 Å². The van der Waals surface area contributed by atoms with Crippen LogP contribution in [0.3, 0.4) is 0 Å². The van der Waals surface area contributed by atoms with Gasteiger partial charge in [0.05, 0.1) is 92.8 Å². The van der Waals surface area contributed by atoms with Gasteiger partial charge in [0.2, 0.25) is 11.7 Å². The van der Waals surface area contributed by atoms with E-state index in [-0.39, 0.29) is 96.6 Å². The molecule has 5 heterocycles. The number of carbonyl (C=O) groups is 5. The van der Waals surface area contributed by atoms with Gasteiger partial charge in [-0.3, -0.25) is 38.3 Å². The molecule has 0 bridgehead atoms. The number of benzene rings is 2. The summed E-state index contributed by atoms with van der Waals surface area (Å²) in [6, 6.07) is 5.40. The van der Waals surface area contributed by atoms with Gasteiger partial charge in [0.15, 0.2) is 36.3 Å². The molecule has 22 heteroatoms. The SMILES string of the molecule is COc1cccc2c1C(=O)c1c(O)c3c(c(O)c1C2=O)C[C@@](O)(C(=O)CSc1cc(O)n(CCOCCOCCN2C(=O)C=CC2=O)c1O)C[C@@H]3O[C@H]1C[C@H]2[C@H](O[C@@H]3[C@@H](OC)OCCN32)[C@H](C)O1. The fourth-order valence-corrected chi connectivity index (χ4v) is 10.9. The number of aliphatic hydroxyl groups is 1. The van der Waals surface area contributed by atoms with Gasteiger partial charge >= 0.3 is 0 Å². The fraction of sp³-hybridized carbons (Fsp3) is 0.500. The number of hydrogen-bond donors (Lipinski definition) is 5. The molecular formula is C46H51N3O18S. The fourth-order valence-electron chi connectivity index (χ4n) is 9.93. The summed E-state index contributed by atoms with van der Waals surface area (Å²) in [5.41, 5.74) is -3.74. The van der Waals surface area contributed by atoms with Crippen LogP contribution in [0.15, 0.2) is 41.3 Å². The molecule has 0 saturated carbocycles. The van der Waals surface area contributed by atoms with Crippen molar-refractivity contribution in [2.24, 2.45) is 0 Å². The second-order valence-electron chi connectivity index (χ2n) is 17.1. The van der Waals surface area contributed by atoms with E-state index in [0.717, 1.165) is 21.2 Å². The van der Waals surface area contributed by atoms with Crippen LogP contribution < -0.4 is 4.74 Å². The Morgan fingerprint density at radius 1 is 0.912 bits per heavy atom. The minimum atomic E-state index is -2.31. The molecule has 5 N–H and O–H groups in total. The summed E-state index contributed by atoms with van der Waals surface area (Å²) < 4.78 is 48.1. The number of ether oxygens (including phenoxy) is 8. The Morgan fingerprint density at radius 3 is 2.35 bits per heavy atom. The van der Waals surface area contributed by atoms with Crippen molar-refractivity contribution in [3.63, 3.8) is 0 Å². The smallest absolute Gasteiger partial charge is 0.253 e. The van der Waals surface area contributed by atoms with Gasteiger partial charge in [0, 0.05) is 73.9 Å². The van der Waals surface area contributed by atoms with E-state index in [9.17, 15) is 49.5 Å². The number of phenolic OH excluding ortho intramolecular Hbond substituents is 2. The number of methoxy groups -OCH3 is 2. The Labute approximate surface area is 393 Å². The van der Waals surface area contributed by atoms with Crippen LogP contribution in [-0.4, -0.2) is 178 Å². The Balaban J connectivity index is 0.927. The minimum Gasteiger partial charge on any atom is -0.507 e. The highest BCUT2D eigenvalue weighted by molar-refractivity contribution is 8.00. The van der Waals surface area contributed by atoms with E-state index in [1.165, 1.54) is 50.6 Å². The first-order chi connectivity index (χ1) is 32.6. The van der Waals surface area contributed by atoms with Crippen LogP contribution in [-0.2, 0) is 60.5 Å². The number of phenols is 2. The predicted octanol–water partition coefficient (Wildman–Crippen LogP) is 1.68. The molecule has 2 amide bonds. The number of hydrogen-bond acceptors (Lipinski definition) is 20. The number of amides is 2. The summed E-state index contributed by atoms with van der Waals surface area (Å²) in [5, 5.41) is 58.3. The van der Waals surface area contributed by atoms with Crippen LogP contribution in [0.1, 0.15) is 68.8 Å². The topological polar surface area (TPSA) is 272 Å². The Bertz CT molecular complexity index is 2550. The van der Waals surface area contributed by atoms with Gasteiger partial charge in [-0.05, 0) is 13.0 Å². The lowest BCUT2D eigenvalue weighted by molar-refractivity contribution is -0.256. The summed E-state index contributed by atoms with van der Waals surface area (Å²) in [5.74, 6) is -5.61. The highest BCUT2D eigenvalue weighted by Gasteiger charge is 2.55. The third kappa shape index (κ3) is 8.45. The summed E-state index contributed by atoms with van der Waals surface area (Å²) >= 11 is 0.828. The van der Waals surface area contributed by atoms with Crippen molar-refractivity contribution in [2.45, 2.75) is 86.4 Å². The molecule has 0 radical (unpaired) electrons. The van der Waals surface area contributed by atoms with Gasteiger partial charge in [0.1, 0.15) is 29.0 Å². The van der Waals surface area contributed by atoms with Crippen molar-refractivity contribution in [3.05, 3.63) is 69.8 Å². The van der Waals surface area contributed by atoms with E-state index in [1.807, 2.05) is 6.92 Å². The second kappa shape index (κ2) is 19.2. The zero-order chi connectivity index (χ0) is 48.2. The number of Topliss-reactive ketones (excluding diaryl/α,β-unsaturated/α-hetero) is 1. The molecule has 3 fully saturated rings. The molecule has 1 aromatic heterocycles. The average Bonchev–Trinajstić information content (AvgIpc) is 3.96. The minimum absolute atomic E-state index is 0.00861. The van der Waals surface area contributed by atoms with Gasteiger partial charge in [-0.1, -0.05) is 12.1 Å². The number of ketones is 3. The lowest BCUT2D eigenvalue weighted by Gasteiger charge is -2.43. The highest BCUT2D eigenvalue weighted by atomic mass is 32.2. The zero-order valence-electron chi connectivity index (χ0n) is 37.3. The molecule has 21 nitrogen and oxygen atoms in total. The van der Waals surface area contributed by atoms with Crippen molar-refractivity contribution < 1.29 is 87.4 Å². The Kier molecular flexibility index (Phi) is 13.4. The maximum Gasteiger partial charge on any atom is 0.253 e. The second-order valence-corrected chi connectivity index (χ2v) is 18.2. The lowest BCUT2D eigenvalue weighted by Crippen LogP contribution is -2.55. The van der Waals surface area contributed by atoms with Gasteiger partial charge < -0.3 is 63.4 Å². The molecular weight excluding hydrogens is 915 g/mol. The molecule has 3 saturated heterocycles. The van der Waals surface area contributed by atoms with Gasteiger partial charge in [0.25, 0.3) is 11.8 Å². The van der Waals surface area contributed by atoms with Crippen molar-refractivity contribution in [1.29, 1.82) is 0 Å². The van der Waals surface area contributed by atoms with Crippen LogP contribution in [0.5, 0.6) is 29.0 Å². The highest BCUT2D eigenvalue weighted by Crippen LogP contribution is 2.53. The number of fused-ring (bicyclic) bond motifs is 6. The molecule has 8 atom stereocenters. The van der Waals surface area contributed by atoms with Gasteiger partial charge in [-0.15, -0.1) is 11.8 Å². The summed E-state index contributed by atoms with van der Waals surface area (Å²) in [7, 11) is 2.85. The average molecular weight is 966 g/mol. The van der Waals surface area contributed by atoms with Crippen LogP contribution in [0.25, 0.3) is 0 Å². The first kappa shape index (κ1) is 47.7. The number of aromatic nitrogens is 1. The van der Waals surface area contributed by atoms with Crippen molar-refractivity contribution in [1.82, 2.24) is 14.4 Å². The van der Waals surface area contributed by atoms with Gasteiger partial charge in [-0.2, -0.15) is 0 Å². The van der Waals surface area contributed by atoms with E-state index >= 15 is 0 Å². The number of carbonyl (C=O) groups excluding carboxylic acids is 5. The molecule has 6 aliphatic rings. The molecule has 2 aromatic carbocycles. The quantitative estimate of drug-likeness (QED) is 0.0436. The Hall–Kier alpha value is -5.40. The van der Waals surface area contributed by atoms with Crippen LogP contribution in [0.2, 0.25) is 0 Å². The van der Waals surface area contributed by atoms with E-state index < -0.39 is 113 Å². The monoisotopic (exact) mass is 965 g/mol. The Morgan fingerprint density at radius 2 is 1.63 bits per heavy atom. The van der Waals surface area contributed by atoms with Crippen molar-refractivity contribution in [2.75, 3.05) is 66.1 Å². The molecule has 9 rings (SSSR count). The van der Waals surface area contributed by atoms with E-state index in [0.29, 0.717) is 13.2 Å². The lowest BCUT2D eigenvalue weighted by atomic mass is 9.72. The number of morpholine rings is 1. The van der Waals surface area contributed by atoms with E-state index in [1.54, 1.807) is 0 Å². The number of imide groups is 1. The molecule has 3 aromatic rings. The molecule has 0 spiro atoms. The number of rotatable bonds is 17. The third-order valence-electron chi connectivity index (χ3n) is 13.3. The predicted molar refractivity (Wildman–Crippen MR) is 233 cm³/mol. The summed E-state index contributed by atoms with van der Waals surface area (Å²) in [6.07, 6.45) is -2.98. The molecule has 68 heavy (non-hydrogen) atoms. The first-order valence-corrected chi connectivity index (χ1v) is 23.1. The van der Waals surface area contributed by atoms with E-state index in [4.69, 9.17) is 37.9 Å². The number of thioether (sulfide) groups is 1. The molecule has 4 aliphatic heterocycles. The zero-order valence-corrected chi connectivity index (χ0v) is 38.1. The molecule has 2 aliphatic carbocycles. The maximum atomic E-state index is 14.3. The summed E-state index contributed by atoms with van der Waals surface area (Å²) in [6.45, 7) is 3.27. The number of aromatic hydroxyl groups is 4. The van der Waals surface area contributed by atoms with Crippen LogP contribution in [0.4, 0.5) is 0 Å². The van der Waals surface area contributed by atoms with E-state index in [2.05, 4.69) is 4.90 Å².